The fourth-order valence-corrected chi connectivity index (χ4v) is 1.75. The monoisotopic (exact) mass is 264 g/mol. The van der Waals surface area contributed by atoms with Crippen LogP contribution in [-0.4, -0.2) is 21.3 Å². The van der Waals surface area contributed by atoms with Crippen LogP contribution in [0.5, 0.6) is 0 Å². The van der Waals surface area contributed by atoms with E-state index >= 15 is 0 Å². The molecule has 1 N–H and O–H groups in total. The topological polar surface area (TPSA) is 42.7 Å². The maximum absolute atomic E-state index is 5.97. The van der Waals surface area contributed by atoms with E-state index in [1.807, 2.05) is 19.2 Å². The van der Waals surface area contributed by atoms with E-state index in [0.717, 1.165) is 31.0 Å². The molecule has 2 aromatic rings. The summed E-state index contributed by atoms with van der Waals surface area (Å²) in [6.07, 6.45) is 4.77. The Morgan fingerprint density at radius 3 is 2.78 bits per heavy atom. The molecule has 0 atom stereocenters. The van der Waals surface area contributed by atoms with Gasteiger partial charge in [0.05, 0.1) is 16.9 Å². The van der Waals surface area contributed by atoms with Gasteiger partial charge in [-0.05, 0) is 31.5 Å². The minimum atomic E-state index is 0.658. The van der Waals surface area contributed by atoms with Crippen LogP contribution in [0.3, 0.4) is 0 Å². The molecule has 2 heterocycles. The van der Waals surface area contributed by atoms with E-state index in [4.69, 9.17) is 11.6 Å². The third kappa shape index (κ3) is 3.09. The predicted molar refractivity (Wildman–Crippen MR) is 73.1 cm³/mol. The summed E-state index contributed by atoms with van der Waals surface area (Å²) in [4.78, 5) is 4.38. The number of aryl methyl sites for hydroxylation is 1. The summed E-state index contributed by atoms with van der Waals surface area (Å²) in [5, 5.41) is 8.29. The van der Waals surface area contributed by atoms with Gasteiger partial charge in [-0.1, -0.05) is 24.6 Å². The molecule has 0 aliphatic heterocycles. The van der Waals surface area contributed by atoms with Crippen molar-refractivity contribution in [3.63, 3.8) is 0 Å². The highest BCUT2D eigenvalue weighted by Gasteiger charge is 2.04. The molecule has 0 aromatic carbocycles. The highest BCUT2D eigenvalue weighted by molar-refractivity contribution is 6.31. The van der Waals surface area contributed by atoms with Crippen molar-refractivity contribution in [1.82, 2.24) is 20.1 Å². The number of aromatic nitrogens is 3. The second kappa shape index (κ2) is 5.98. The second-order valence-electron chi connectivity index (χ2n) is 4.21. The highest BCUT2D eigenvalue weighted by Crippen LogP contribution is 2.15. The van der Waals surface area contributed by atoms with Crippen molar-refractivity contribution in [2.75, 3.05) is 6.54 Å². The molecular formula is C13H17ClN4. The summed E-state index contributed by atoms with van der Waals surface area (Å²) in [7, 11) is 0. The quantitative estimate of drug-likeness (QED) is 0.845. The Morgan fingerprint density at radius 1 is 1.39 bits per heavy atom. The van der Waals surface area contributed by atoms with Crippen LogP contribution >= 0.6 is 11.6 Å². The van der Waals surface area contributed by atoms with Gasteiger partial charge in [0.15, 0.2) is 5.82 Å². The van der Waals surface area contributed by atoms with Crippen molar-refractivity contribution in [3.8, 4) is 5.82 Å². The molecule has 0 spiro atoms. The van der Waals surface area contributed by atoms with Crippen molar-refractivity contribution in [2.24, 2.45) is 0 Å². The van der Waals surface area contributed by atoms with Crippen molar-refractivity contribution in [1.29, 1.82) is 0 Å². The van der Waals surface area contributed by atoms with E-state index < -0.39 is 0 Å². The fraction of sp³-hybridized carbons (Fsp3) is 0.385. The first-order valence-electron chi connectivity index (χ1n) is 6.08. The van der Waals surface area contributed by atoms with Gasteiger partial charge in [0.25, 0.3) is 0 Å². The van der Waals surface area contributed by atoms with Gasteiger partial charge >= 0.3 is 0 Å². The SMILES string of the molecule is CCCNCc1ccc(-n2cc(Cl)c(C)n2)nc1. The zero-order valence-corrected chi connectivity index (χ0v) is 11.4. The van der Waals surface area contributed by atoms with Crippen molar-refractivity contribution < 1.29 is 0 Å². The van der Waals surface area contributed by atoms with E-state index in [0.29, 0.717) is 5.02 Å². The zero-order valence-electron chi connectivity index (χ0n) is 10.7. The van der Waals surface area contributed by atoms with Crippen molar-refractivity contribution in [2.45, 2.75) is 26.8 Å². The van der Waals surface area contributed by atoms with Gasteiger partial charge in [-0.25, -0.2) is 9.67 Å². The van der Waals surface area contributed by atoms with Crippen LogP contribution in [0.2, 0.25) is 5.02 Å². The largest absolute Gasteiger partial charge is 0.313 e. The maximum Gasteiger partial charge on any atom is 0.153 e. The molecule has 2 aromatic heterocycles. The van der Waals surface area contributed by atoms with Crippen LogP contribution in [0, 0.1) is 6.92 Å². The third-order valence-corrected chi connectivity index (χ3v) is 3.01. The van der Waals surface area contributed by atoms with E-state index in [1.54, 1.807) is 10.9 Å². The Bertz CT molecular complexity index is 485. The summed E-state index contributed by atoms with van der Waals surface area (Å²) in [6.45, 7) is 5.90. The minimum absolute atomic E-state index is 0.658. The molecule has 0 fully saturated rings. The van der Waals surface area contributed by atoms with Crippen LogP contribution in [-0.2, 0) is 6.54 Å². The average molecular weight is 265 g/mol. The molecule has 2 rings (SSSR count). The van der Waals surface area contributed by atoms with Gasteiger partial charge in [-0.3, -0.25) is 0 Å². The maximum atomic E-state index is 5.97. The van der Waals surface area contributed by atoms with Crippen LogP contribution in [0.1, 0.15) is 24.6 Å². The number of hydrogen-bond acceptors (Lipinski definition) is 3. The van der Waals surface area contributed by atoms with Crippen LogP contribution in [0.15, 0.2) is 24.5 Å². The van der Waals surface area contributed by atoms with Crippen LogP contribution < -0.4 is 5.32 Å². The molecule has 96 valence electrons. The Labute approximate surface area is 112 Å². The molecule has 0 aliphatic carbocycles. The smallest absolute Gasteiger partial charge is 0.153 e. The molecule has 0 saturated carbocycles. The van der Waals surface area contributed by atoms with Crippen molar-refractivity contribution in [3.05, 3.63) is 40.8 Å². The van der Waals surface area contributed by atoms with Gasteiger partial charge in [0.2, 0.25) is 0 Å². The fourth-order valence-electron chi connectivity index (χ4n) is 1.62. The predicted octanol–water partition coefficient (Wildman–Crippen LogP) is 2.73. The van der Waals surface area contributed by atoms with Crippen LogP contribution in [0.25, 0.3) is 5.82 Å². The summed E-state index contributed by atoms with van der Waals surface area (Å²) in [6, 6.07) is 4.00. The van der Waals surface area contributed by atoms with E-state index in [9.17, 15) is 0 Å². The number of nitrogens with one attached hydrogen (secondary N) is 1. The summed E-state index contributed by atoms with van der Waals surface area (Å²) >= 11 is 5.97. The number of nitrogens with zero attached hydrogens (tertiary/aromatic N) is 3. The van der Waals surface area contributed by atoms with E-state index in [-0.39, 0.29) is 0 Å². The standard InChI is InChI=1S/C13H17ClN4/c1-3-6-15-7-11-4-5-13(16-8-11)18-9-12(14)10(2)17-18/h4-5,8-9,15H,3,6-7H2,1-2H3. The Kier molecular flexibility index (Phi) is 4.33. The van der Waals surface area contributed by atoms with Gasteiger partial charge in [0, 0.05) is 12.7 Å². The van der Waals surface area contributed by atoms with Gasteiger partial charge in [-0.2, -0.15) is 5.10 Å². The molecule has 18 heavy (non-hydrogen) atoms. The molecule has 0 amide bonds. The van der Waals surface area contributed by atoms with E-state index in [1.165, 1.54) is 5.56 Å². The lowest BCUT2D eigenvalue weighted by Gasteiger charge is -2.04. The second-order valence-corrected chi connectivity index (χ2v) is 4.62. The summed E-state index contributed by atoms with van der Waals surface area (Å²) < 4.78 is 1.70. The first-order chi connectivity index (χ1) is 8.70. The first kappa shape index (κ1) is 13.1. The molecule has 0 unspecified atom stereocenters. The normalized spacial score (nSPS) is 10.8. The lowest BCUT2D eigenvalue weighted by molar-refractivity contribution is 0.673. The number of pyridine rings is 1. The van der Waals surface area contributed by atoms with Gasteiger partial charge in [0.1, 0.15) is 0 Å². The summed E-state index contributed by atoms with van der Waals surface area (Å²) in [5.74, 6) is 0.782. The molecule has 0 radical (unpaired) electrons. The lowest BCUT2D eigenvalue weighted by atomic mass is 10.3. The molecule has 0 bridgehead atoms. The Morgan fingerprint density at radius 2 is 2.22 bits per heavy atom. The third-order valence-electron chi connectivity index (χ3n) is 2.64. The summed E-state index contributed by atoms with van der Waals surface area (Å²) in [5.41, 5.74) is 1.98. The van der Waals surface area contributed by atoms with Crippen molar-refractivity contribution >= 4 is 11.6 Å². The minimum Gasteiger partial charge on any atom is -0.313 e. The number of hydrogen-bond donors (Lipinski definition) is 1. The van der Waals surface area contributed by atoms with Gasteiger partial charge < -0.3 is 5.32 Å². The molecule has 5 heteroatoms. The van der Waals surface area contributed by atoms with E-state index in [2.05, 4.69) is 28.4 Å². The highest BCUT2D eigenvalue weighted by atomic mass is 35.5. The number of halogens is 1. The molecule has 0 saturated heterocycles. The average Bonchev–Trinajstić information content (AvgIpc) is 2.71. The Balaban J connectivity index is 2.07. The first-order valence-corrected chi connectivity index (χ1v) is 6.46. The molecular weight excluding hydrogens is 248 g/mol. The zero-order chi connectivity index (χ0) is 13.0. The molecule has 0 aliphatic rings. The lowest BCUT2D eigenvalue weighted by Crippen LogP contribution is -2.14. The van der Waals surface area contributed by atoms with Gasteiger partial charge in [-0.15, -0.1) is 0 Å². The Hall–Kier alpha value is -1.39. The van der Waals surface area contributed by atoms with Crippen LogP contribution in [0.4, 0.5) is 0 Å². The number of rotatable bonds is 5. The molecule has 4 nitrogen and oxygen atoms in total.